The summed E-state index contributed by atoms with van der Waals surface area (Å²) in [4.78, 5) is 12.3. The number of halogens is 2. The van der Waals surface area contributed by atoms with E-state index in [1.807, 2.05) is 0 Å². The van der Waals surface area contributed by atoms with Crippen molar-refractivity contribution in [2.75, 3.05) is 6.79 Å². The number of benzene rings is 2. The largest absolute Gasteiger partial charge is 0.454 e. The summed E-state index contributed by atoms with van der Waals surface area (Å²) in [5.41, 5.74) is 0.466. The molecule has 6 heteroatoms. The molecule has 0 unspecified atom stereocenters. The van der Waals surface area contributed by atoms with Gasteiger partial charge in [-0.3, -0.25) is 4.79 Å². The lowest BCUT2D eigenvalue weighted by atomic mass is 10.1. The van der Waals surface area contributed by atoms with Crippen LogP contribution in [0.4, 0.5) is 8.78 Å². The fourth-order valence-corrected chi connectivity index (χ4v) is 2.32. The summed E-state index contributed by atoms with van der Waals surface area (Å²) >= 11 is 0. The second-order valence-corrected chi connectivity index (χ2v) is 4.81. The van der Waals surface area contributed by atoms with Crippen LogP contribution in [-0.2, 0) is 0 Å². The number of rotatable bonds is 2. The van der Waals surface area contributed by atoms with E-state index in [2.05, 4.69) is 0 Å². The molecule has 1 aliphatic rings. The SMILES string of the molecule is O=C(c1ccc(F)c(F)c1)c1cc2cc3c(cc2o1)OCO3. The number of hydrogen-bond acceptors (Lipinski definition) is 4. The highest BCUT2D eigenvalue weighted by molar-refractivity contribution is 6.09. The van der Waals surface area contributed by atoms with Crippen molar-refractivity contribution in [2.45, 2.75) is 0 Å². The van der Waals surface area contributed by atoms with Crippen molar-refractivity contribution in [1.82, 2.24) is 0 Å². The Kier molecular flexibility index (Phi) is 2.66. The van der Waals surface area contributed by atoms with Gasteiger partial charge < -0.3 is 13.9 Å². The zero-order valence-electron chi connectivity index (χ0n) is 11.1. The van der Waals surface area contributed by atoms with E-state index in [9.17, 15) is 13.6 Å². The Balaban J connectivity index is 1.77. The maximum absolute atomic E-state index is 13.2. The van der Waals surface area contributed by atoms with E-state index in [1.165, 1.54) is 12.1 Å². The molecule has 4 rings (SSSR count). The monoisotopic (exact) mass is 302 g/mol. The first kappa shape index (κ1) is 12.8. The van der Waals surface area contributed by atoms with Gasteiger partial charge in [-0.1, -0.05) is 0 Å². The first-order chi connectivity index (χ1) is 10.6. The first-order valence-corrected chi connectivity index (χ1v) is 6.45. The molecule has 2 heterocycles. The summed E-state index contributed by atoms with van der Waals surface area (Å²) in [6, 6.07) is 7.81. The summed E-state index contributed by atoms with van der Waals surface area (Å²) in [5.74, 6) is -1.48. The van der Waals surface area contributed by atoms with Gasteiger partial charge in [-0.25, -0.2) is 8.78 Å². The molecule has 0 bridgehead atoms. The lowest BCUT2D eigenvalue weighted by molar-refractivity contribution is 0.101. The number of carbonyl (C=O) groups excluding carboxylic acids is 1. The van der Waals surface area contributed by atoms with Crippen molar-refractivity contribution in [3.8, 4) is 11.5 Å². The highest BCUT2D eigenvalue weighted by atomic mass is 19.2. The van der Waals surface area contributed by atoms with E-state index >= 15 is 0 Å². The summed E-state index contributed by atoms with van der Waals surface area (Å²) in [7, 11) is 0. The molecule has 0 amide bonds. The number of ketones is 1. The van der Waals surface area contributed by atoms with Crippen molar-refractivity contribution in [3.05, 3.63) is 59.4 Å². The van der Waals surface area contributed by atoms with Gasteiger partial charge in [-0.05, 0) is 30.3 Å². The number of furan rings is 1. The average molecular weight is 302 g/mol. The molecule has 0 fully saturated rings. The Hall–Kier alpha value is -2.89. The second kappa shape index (κ2) is 4.56. The van der Waals surface area contributed by atoms with Gasteiger partial charge in [-0.15, -0.1) is 0 Å². The molecule has 1 aliphatic heterocycles. The van der Waals surface area contributed by atoms with Crippen molar-refractivity contribution in [2.24, 2.45) is 0 Å². The summed E-state index contributed by atoms with van der Waals surface area (Å²) < 4.78 is 42.1. The molecule has 0 radical (unpaired) electrons. The predicted molar refractivity (Wildman–Crippen MR) is 72.1 cm³/mol. The zero-order chi connectivity index (χ0) is 15.3. The number of fused-ring (bicyclic) bond motifs is 2. The third-order valence-electron chi connectivity index (χ3n) is 3.42. The Morgan fingerprint density at radius 3 is 2.50 bits per heavy atom. The smallest absolute Gasteiger partial charge is 0.231 e. The number of ether oxygens (including phenoxy) is 2. The molecular formula is C16H8F2O4. The van der Waals surface area contributed by atoms with Crippen LogP contribution in [0.25, 0.3) is 11.0 Å². The molecule has 1 aromatic heterocycles. The third kappa shape index (κ3) is 1.92. The van der Waals surface area contributed by atoms with E-state index in [4.69, 9.17) is 13.9 Å². The van der Waals surface area contributed by atoms with Crippen LogP contribution >= 0.6 is 0 Å². The van der Waals surface area contributed by atoms with Crippen LogP contribution in [0.1, 0.15) is 16.1 Å². The second-order valence-electron chi connectivity index (χ2n) is 4.81. The minimum absolute atomic E-state index is 0.0120. The van der Waals surface area contributed by atoms with Gasteiger partial charge in [0.2, 0.25) is 12.6 Å². The zero-order valence-corrected chi connectivity index (χ0v) is 11.1. The standard InChI is InChI=1S/C16H8F2O4/c17-10-2-1-8(3-11(10)18)16(19)15-5-9-4-13-14(21-7-20-13)6-12(9)22-15/h1-6H,7H2. The molecular weight excluding hydrogens is 294 g/mol. The van der Waals surface area contributed by atoms with Gasteiger partial charge >= 0.3 is 0 Å². The first-order valence-electron chi connectivity index (χ1n) is 6.45. The predicted octanol–water partition coefficient (Wildman–Crippen LogP) is 3.67. The minimum Gasteiger partial charge on any atom is -0.454 e. The topological polar surface area (TPSA) is 48.7 Å². The summed E-state index contributed by atoms with van der Waals surface area (Å²) in [6.45, 7) is 0.141. The summed E-state index contributed by atoms with van der Waals surface area (Å²) in [6.07, 6.45) is 0. The van der Waals surface area contributed by atoms with Gasteiger partial charge in [0.1, 0.15) is 5.58 Å². The van der Waals surface area contributed by atoms with Gasteiger partial charge in [0.05, 0.1) is 0 Å². The van der Waals surface area contributed by atoms with Gasteiger partial charge in [0, 0.05) is 17.0 Å². The van der Waals surface area contributed by atoms with E-state index in [0.717, 1.165) is 12.1 Å². The number of hydrogen-bond donors (Lipinski definition) is 0. The van der Waals surface area contributed by atoms with Gasteiger partial charge in [0.25, 0.3) is 0 Å². The van der Waals surface area contributed by atoms with E-state index in [0.29, 0.717) is 22.5 Å². The highest BCUT2D eigenvalue weighted by Gasteiger charge is 2.20. The van der Waals surface area contributed by atoms with Crippen LogP contribution in [0.2, 0.25) is 0 Å². The van der Waals surface area contributed by atoms with Crippen molar-refractivity contribution in [3.63, 3.8) is 0 Å². The lowest BCUT2D eigenvalue weighted by Gasteiger charge is -1.98. The molecule has 3 aromatic rings. The van der Waals surface area contributed by atoms with Gasteiger partial charge in [-0.2, -0.15) is 0 Å². The molecule has 0 N–H and O–H groups in total. The molecule has 110 valence electrons. The highest BCUT2D eigenvalue weighted by Crippen LogP contribution is 2.37. The summed E-state index contributed by atoms with van der Waals surface area (Å²) in [5, 5.41) is 0.662. The minimum atomic E-state index is -1.08. The molecule has 0 atom stereocenters. The average Bonchev–Trinajstić information content (AvgIpc) is 3.12. The van der Waals surface area contributed by atoms with E-state index < -0.39 is 17.4 Å². The van der Waals surface area contributed by atoms with Gasteiger partial charge in [0.15, 0.2) is 28.9 Å². The third-order valence-corrected chi connectivity index (χ3v) is 3.42. The van der Waals surface area contributed by atoms with Crippen LogP contribution in [0.15, 0.2) is 40.8 Å². The molecule has 2 aromatic carbocycles. The van der Waals surface area contributed by atoms with Crippen LogP contribution in [0.3, 0.4) is 0 Å². The van der Waals surface area contributed by atoms with E-state index in [-0.39, 0.29) is 18.1 Å². The molecule has 0 spiro atoms. The van der Waals surface area contributed by atoms with Crippen LogP contribution in [-0.4, -0.2) is 12.6 Å². The maximum Gasteiger partial charge on any atom is 0.231 e. The fourth-order valence-electron chi connectivity index (χ4n) is 2.32. The van der Waals surface area contributed by atoms with Crippen LogP contribution < -0.4 is 9.47 Å². The lowest BCUT2D eigenvalue weighted by Crippen LogP contribution is -2.01. The molecule has 22 heavy (non-hydrogen) atoms. The Labute approximate surface area is 122 Å². The fraction of sp³-hybridized carbons (Fsp3) is 0.0625. The molecule has 0 aliphatic carbocycles. The van der Waals surface area contributed by atoms with E-state index in [1.54, 1.807) is 12.1 Å². The Morgan fingerprint density at radius 1 is 0.955 bits per heavy atom. The van der Waals surface area contributed by atoms with Crippen molar-refractivity contribution < 1.29 is 27.5 Å². The normalized spacial score (nSPS) is 12.8. The van der Waals surface area contributed by atoms with Crippen LogP contribution in [0.5, 0.6) is 11.5 Å². The molecule has 0 saturated heterocycles. The Morgan fingerprint density at radius 2 is 1.73 bits per heavy atom. The quantitative estimate of drug-likeness (QED) is 0.678. The van der Waals surface area contributed by atoms with Crippen molar-refractivity contribution >= 4 is 16.8 Å². The number of carbonyl (C=O) groups is 1. The Bertz CT molecular complexity index is 873. The molecule has 4 nitrogen and oxygen atoms in total. The maximum atomic E-state index is 13.2. The molecule has 0 saturated carbocycles. The van der Waals surface area contributed by atoms with Crippen molar-refractivity contribution in [1.29, 1.82) is 0 Å². The van der Waals surface area contributed by atoms with Crippen LogP contribution in [0, 0.1) is 11.6 Å².